The van der Waals surface area contributed by atoms with Crippen molar-refractivity contribution in [1.29, 1.82) is 5.26 Å². The minimum absolute atomic E-state index is 0.366. The van der Waals surface area contributed by atoms with Crippen molar-refractivity contribution in [2.75, 3.05) is 0 Å². The Hall–Kier alpha value is -0.770. The van der Waals surface area contributed by atoms with Crippen LogP contribution in [0.3, 0.4) is 0 Å². The molecule has 2 rings (SSSR count). The lowest BCUT2D eigenvalue weighted by Crippen LogP contribution is -2.25. The van der Waals surface area contributed by atoms with E-state index < -0.39 is 0 Å². The van der Waals surface area contributed by atoms with Gasteiger partial charge in [-0.3, -0.25) is 0 Å². The largest absolute Gasteiger partial charge is 0.198 e. The first-order valence-electron chi connectivity index (χ1n) is 7.89. The second-order valence-corrected chi connectivity index (χ2v) is 6.25. The second-order valence-electron chi connectivity index (χ2n) is 6.25. The Kier molecular flexibility index (Phi) is 5.29. The molecule has 1 nitrogen and oxygen atoms in total. The maximum Gasteiger partial charge on any atom is 0.0655 e. The third-order valence-electron chi connectivity index (χ3n) is 5.08. The lowest BCUT2D eigenvalue weighted by atomic mass is 9.69. The molecular formula is C17H27N. The Morgan fingerprint density at radius 3 is 2.00 bits per heavy atom. The van der Waals surface area contributed by atoms with Gasteiger partial charge in [0.05, 0.1) is 6.07 Å². The Bertz CT molecular complexity index is 296. The SMILES string of the molecule is CCC=C[C@H]1CC[C@H]([C@H]2CC[C@H](C#N)CC2)CC1. The van der Waals surface area contributed by atoms with Crippen molar-refractivity contribution >= 4 is 0 Å². The molecule has 0 atom stereocenters. The molecule has 0 aromatic rings. The average molecular weight is 245 g/mol. The van der Waals surface area contributed by atoms with Crippen molar-refractivity contribution in [3.8, 4) is 6.07 Å². The molecular weight excluding hydrogens is 218 g/mol. The van der Waals surface area contributed by atoms with E-state index in [1.165, 1.54) is 44.9 Å². The number of rotatable bonds is 3. The van der Waals surface area contributed by atoms with Gasteiger partial charge in [-0.05, 0) is 75.5 Å². The van der Waals surface area contributed by atoms with Crippen LogP contribution in [0.4, 0.5) is 0 Å². The Labute approximate surface area is 112 Å². The second kappa shape index (κ2) is 6.98. The van der Waals surface area contributed by atoms with Gasteiger partial charge in [0, 0.05) is 5.92 Å². The molecule has 0 amide bonds. The molecule has 0 spiro atoms. The van der Waals surface area contributed by atoms with Gasteiger partial charge in [-0.15, -0.1) is 0 Å². The summed E-state index contributed by atoms with van der Waals surface area (Å²) in [4.78, 5) is 0. The Balaban J connectivity index is 1.73. The zero-order valence-electron chi connectivity index (χ0n) is 11.8. The standard InChI is InChI=1S/C17H27N/c1-2-3-4-14-5-9-16(10-6-14)17-11-7-15(13-18)8-12-17/h3-4,14-17H,2,5-12H2,1H3/t14-,15-,16-,17-. The van der Waals surface area contributed by atoms with E-state index in [1.54, 1.807) is 0 Å². The summed E-state index contributed by atoms with van der Waals surface area (Å²) in [5.41, 5.74) is 0. The zero-order chi connectivity index (χ0) is 12.8. The summed E-state index contributed by atoms with van der Waals surface area (Å²) in [5, 5.41) is 8.95. The molecule has 0 N–H and O–H groups in total. The summed E-state index contributed by atoms with van der Waals surface area (Å²) in [6, 6.07) is 2.45. The van der Waals surface area contributed by atoms with Gasteiger partial charge in [0.25, 0.3) is 0 Å². The van der Waals surface area contributed by atoms with Gasteiger partial charge in [-0.1, -0.05) is 19.1 Å². The van der Waals surface area contributed by atoms with Crippen LogP contribution in [0.15, 0.2) is 12.2 Å². The molecule has 100 valence electrons. The Morgan fingerprint density at radius 1 is 0.944 bits per heavy atom. The topological polar surface area (TPSA) is 23.8 Å². The van der Waals surface area contributed by atoms with Crippen LogP contribution in [0.25, 0.3) is 0 Å². The summed E-state index contributed by atoms with van der Waals surface area (Å²) < 4.78 is 0. The lowest BCUT2D eigenvalue weighted by Gasteiger charge is -2.36. The van der Waals surface area contributed by atoms with Crippen molar-refractivity contribution in [3.63, 3.8) is 0 Å². The fourth-order valence-electron chi connectivity index (χ4n) is 3.86. The maximum absolute atomic E-state index is 8.95. The van der Waals surface area contributed by atoms with Crippen LogP contribution < -0.4 is 0 Å². The van der Waals surface area contributed by atoms with Gasteiger partial charge in [-0.25, -0.2) is 0 Å². The molecule has 2 fully saturated rings. The van der Waals surface area contributed by atoms with Crippen LogP contribution in [0, 0.1) is 35.0 Å². The molecule has 2 aliphatic carbocycles. The fraction of sp³-hybridized carbons (Fsp3) is 0.824. The smallest absolute Gasteiger partial charge is 0.0655 e. The zero-order valence-corrected chi connectivity index (χ0v) is 11.8. The van der Waals surface area contributed by atoms with Crippen LogP contribution in [0.5, 0.6) is 0 Å². The molecule has 18 heavy (non-hydrogen) atoms. The molecule has 1 heteroatoms. The summed E-state index contributed by atoms with van der Waals surface area (Å²) in [6.45, 7) is 2.22. The van der Waals surface area contributed by atoms with E-state index in [4.69, 9.17) is 5.26 Å². The van der Waals surface area contributed by atoms with E-state index in [9.17, 15) is 0 Å². The number of nitrogens with zero attached hydrogens (tertiary/aromatic N) is 1. The molecule has 2 saturated carbocycles. The fourth-order valence-corrected chi connectivity index (χ4v) is 3.86. The third kappa shape index (κ3) is 3.61. The molecule has 0 unspecified atom stereocenters. The molecule has 0 radical (unpaired) electrons. The third-order valence-corrected chi connectivity index (χ3v) is 5.08. The number of hydrogen-bond donors (Lipinski definition) is 0. The quantitative estimate of drug-likeness (QED) is 0.635. The van der Waals surface area contributed by atoms with E-state index in [2.05, 4.69) is 25.1 Å². The molecule has 0 aromatic heterocycles. The summed E-state index contributed by atoms with van der Waals surface area (Å²) >= 11 is 0. The van der Waals surface area contributed by atoms with Crippen LogP contribution in [-0.4, -0.2) is 0 Å². The molecule has 0 saturated heterocycles. The van der Waals surface area contributed by atoms with Gasteiger partial charge in [0.1, 0.15) is 0 Å². The van der Waals surface area contributed by atoms with Crippen molar-refractivity contribution in [2.45, 2.75) is 64.7 Å². The Morgan fingerprint density at radius 2 is 1.50 bits per heavy atom. The average Bonchev–Trinajstić information content (AvgIpc) is 2.46. The molecule has 0 aliphatic heterocycles. The van der Waals surface area contributed by atoms with E-state index in [0.29, 0.717) is 5.92 Å². The minimum Gasteiger partial charge on any atom is -0.198 e. The predicted molar refractivity (Wildman–Crippen MR) is 75.9 cm³/mol. The van der Waals surface area contributed by atoms with E-state index in [-0.39, 0.29) is 0 Å². The molecule has 0 heterocycles. The van der Waals surface area contributed by atoms with Gasteiger partial charge in [-0.2, -0.15) is 5.26 Å². The van der Waals surface area contributed by atoms with Crippen LogP contribution in [0.2, 0.25) is 0 Å². The van der Waals surface area contributed by atoms with Crippen molar-refractivity contribution in [1.82, 2.24) is 0 Å². The summed E-state index contributed by atoms with van der Waals surface area (Å²) in [6.07, 6.45) is 16.6. The highest BCUT2D eigenvalue weighted by molar-refractivity contribution is 4.93. The highest BCUT2D eigenvalue weighted by Crippen LogP contribution is 2.41. The van der Waals surface area contributed by atoms with Crippen LogP contribution in [-0.2, 0) is 0 Å². The van der Waals surface area contributed by atoms with Crippen molar-refractivity contribution in [3.05, 3.63) is 12.2 Å². The van der Waals surface area contributed by atoms with Crippen molar-refractivity contribution < 1.29 is 0 Å². The van der Waals surface area contributed by atoms with Gasteiger partial charge >= 0.3 is 0 Å². The highest BCUT2D eigenvalue weighted by Gasteiger charge is 2.30. The number of nitriles is 1. The molecule has 0 aromatic carbocycles. The van der Waals surface area contributed by atoms with Crippen LogP contribution in [0.1, 0.15) is 64.7 Å². The van der Waals surface area contributed by atoms with Gasteiger partial charge in [0.2, 0.25) is 0 Å². The van der Waals surface area contributed by atoms with Crippen LogP contribution >= 0.6 is 0 Å². The maximum atomic E-state index is 8.95. The predicted octanol–water partition coefficient (Wildman–Crippen LogP) is 5.09. The normalized spacial score (nSPS) is 37.6. The summed E-state index contributed by atoms with van der Waals surface area (Å²) in [5.74, 6) is 3.13. The van der Waals surface area contributed by atoms with Crippen molar-refractivity contribution in [2.24, 2.45) is 23.7 Å². The summed E-state index contributed by atoms with van der Waals surface area (Å²) in [7, 11) is 0. The number of allylic oxidation sites excluding steroid dienone is 2. The van der Waals surface area contributed by atoms with Gasteiger partial charge < -0.3 is 0 Å². The van der Waals surface area contributed by atoms with E-state index in [1.807, 2.05) is 0 Å². The van der Waals surface area contributed by atoms with E-state index >= 15 is 0 Å². The molecule has 0 bridgehead atoms. The monoisotopic (exact) mass is 245 g/mol. The highest BCUT2D eigenvalue weighted by atomic mass is 14.4. The first kappa shape index (κ1) is 13.7. The first-order chi connectivity index (χ1) is 8.83. The van der Waals surface area contributed by atoms with Gasteiger partial charge in [0.15, 0.2) is 0 Å². The minimum atomic E-state index is 0.366. The van der Waals surface area contributed by atoms with E-state index in [0.717, 1.165) is 30.6 Å². The number of hydrogen-bond acceptors (Lipinski definition) is 1. The first-order valence-corrected chi connectivity index (χ1v) is 7.89. The molecule has 2 aliphatic rings. The lowest BCUT2D eigenvalue weighted by molar-refractivity contribution is 0.168.